The summed E-state index contributed by atoms with van der Waals surface area (Å²) < 4.78 is 6.47. The summed E-state index contributed by atoms with van der Waals surface area (Å²) in [7, 11) is 1.55. The van der Waals surface area contributed by atoms with Gasteiger partial charge in [-0.1, -0.05) is 25.4 Å². The number of hydrogen-bond donors (Lipinski definition) is 0. The highest BCUT2D eigenvalue weighted by Crippen LogP contribution is 2.41. The number of halogens is 1. The molecule has 0 aliphatic carbocycles. The first kappa shape index (κ1) is 16.8. The molecule has 1 saturated heterocycles. The van der Waals surface area contributed by atoms with Crippen LogP contribution in [-0.4, -0.2) is 35.4 Å². The highest BCUT2D eigenvalue weighted by molar-refractivity contribution is 6.33. The number of rotatable bonds is 4. The van der Waals surface area contributed by atoms with Gasteiger partial charge >= 0.3 is 5.97 Å². The second-order valence-electron chi connectivity index (χ2n) is 5.98. The van der Waals surface area contributed by atoms with Crippen LogP contribution in [0.1, 0.15) is 27.2 Å². The molecular formula is C15H22ClN3O3. The van der Waals surface area contributed by atoms with Gasteiger partial charge in [-0.05, 0) is 19.3 Å². The first-order valence-corrected chi connectivity index (χ1v) is 7.85. The maximum Gasteiger partial charge on any atom is 0.314 e. The zero-order chi connectivity index (χ0) is 16.5. The molecule has 122 valence electrons. The van der Waals surface area contributed by atoms with Crippen molar-refractivity contribution in [1.82, 2.24) is 9.78 Å². The molecule has 0 saturated carbocycles. The van der Waals surface area contributed by atoms with Crippen LogP contribution in [0.2, 0.25) is 5.02 Å². The van der Waals surface area contributed by atoms with E-state index < -0.39 is 5.41 Å². The normalized spacial score (nSPS) is 21.5. The van der Waals surface area contributed by atoms with Crippen LogP contribution in [-0.2, 0) is 16.6 Å². The molecule has 22 heavy (non-hydrogen) atoms. The van der Waals surface area contributed by atoms with Crippen molar-refractivity contribution in [3.05, 3.63) is 21.6 Å². The van der Waals surface area contributed by atoms with Gasteiger partial charge in [0.1, 0.15) is 5.02 Å². The highest BCUT2D eigenvalue weighted by Gasteiger charge is 2.48. The molecule has 0 N–H and O–H groups in total. The van der Waals surface area contributed by atoms with Gasteiger partial charge in [0.25, 0.3) is 5.56 Å². The maximum atomic E-state index is 12.4. The Morgan fingerprint density at radius 3 is 2.82 bits per heavy atom. The van der Waals surface area contributed by atoms with Gasteiger partial charge in [-0.3, -0.25) is 9.59 Å². The lowest BCUT2D eigenvalue weighted by atomic mass is 9.76. The standard InChI is InChI=1S/C15H22ClN3O3/c1-5-22-14(21)15(10(2)3)6-7-19(9-15)11-8-17-18(4)13(20)12(11)16/h8,10H,5-7,9H2,1-4H3. The molecule has 0 amide bonds. The number of carbonyl (C=O) groups excluding carboxylic acids is 1. The molecule has 1 atom stereocenters. The Labute approximate surface area is 135 Å². The van der Waals surface area contributed by atoms with Gasteiger partial charge in [-0.15, -0.1) is 0 Å². The summed E-state index contributed by atoms with van der Waals surface area (Å²) in [6.45, 7) is 7.33. The minimum Gasteiger partial charge on any atom is -0.466 e. The summed E-state index contributed by atoms with van der Waals surface area (Å²) in [5, 5.41) is 4.16. The van der Waals surface area contributed by atoms with Crippen molar-refractivity contribution in [2.75, 3.05) is 24.6 Å². The van der Waals surface area contributed by atoms with E-state index in [2.05, 4.69) is 5.10 Å². The minimum atomic E-state index is -0.569. The molecule has 7 heteroatoms. The van der Waals surface area contributed by atoms with Gasteiger partial charge in [0, 0.05) is 20.1 Å². The van der Waals surface area contributed by atoms with Crippen molar-refractivity contribution in [1.29, 1.82) is 0 Å². The lowest BCUT2D eigenvalue weighted by Crippen LogP contribution is -2.41. The van der Waals surface area contributed by atoms with Crippen LogP contribution in [0.3, 0.4) is 0 Å². The third kappa shape index (κ3) is 2.72. The van der Waals surface area contributed by atoms with Crippen LogP contribution in [0.4, 0.5) is 5.69 Å². The SMILES string of the molecule is CCOC(=O)C1(C(C)C)CCN(c2cnn(C)c(=O)c2Cl)C1. The van der Waals surface area contributed by atoms with Gasteiger partial charge in [0.05, 0.1) is 23.9 Å². The van der Waals surface area contributed by atoms with E-state index in [0.717, 1.165) is 0 Å². The molecule has 6 nitrogen and oxygen atoms in total. The third-order valence-corrected chi connectivity index (χ3v) is 4.84. The fraction of sp³-hybridized carbons (Fsp3) is 0.667. The van der Waals surface area contributed by atoms with E-state index in [0.29, 0.717) is 31.8 Å². The van der Waals surface area contributed by atoms with Gasteiger partial charge < -0.3 is 9.64 Å². The molecule has 1 aromatic rings. The molecule has 1 aliphatic heterocycles. The predicted octanol–water partition coefficient (Wildman–Crippen LogP) is 1.85. The van der Waals surface area contributed by atoms with E-state index in [9.17, 15) is 9.59 Å². The average molecular weight is 328 g/mol. The number of carbonyl (C=O) groups is 1. The van der Waals surface area contributed by atoms with Crippen LogP contribution in [0.5, 0.6) is 0 Å². The zero-order valence-corrected chi connectivity index (χ0v) is 14.2. The van der Waals surface area contributed by atoms with Gasteiger partial charge in [-0.25, -0.2) is 4.68 Å². The molecule has 0 aromatic carbocycles. The number of hydrogen-bond acceptors (Lipinski definition) is 5. The molecule has 1 fully saturated rings. The summed E-state index contributed by atoms with van der Waals surface area (Å²) in [6.07, 6.45) is 2.25. The van der Waals surface area contributed by atoms with Crippen molar-refractivity contribution < 1.29 is 9.53 Å². The summed E-state index contributed by atoms with van der Waals surface area (Å²) in [5.41, 5.74) is -0.325. The van der Waals surface area contributed by atoms with Crippen LogP contribution < -0.4 is 10.5 Å². The molecule has 0 radical (unpaired) electrons. The first-order chi connectivity index (χ1) is 10.3. The van der Waals surface area contributed by atoms with E-state index in [1.165, 1.54) is 4.68 Å². The fourth-order valence-corrected chi connectivity index (χ4v) is 3.20. The number of anilines is 1. The smallest absolute Gasteiger partial charge is 0.314 e. The van der Waals surface area contributed by atoms with E-state index in [-0.39, 0.29) is 22.5 Å². The predicted molar refractivity (Wildman–Crippen MR) is 85.2 cm³/mol. The molecular weight excluding hydrogens is 306 g/mol. The lowest BCUT2D eigenvalue weighted by molar-refractivity contribution is -0.156. The topological polar surface area (TPSA) is 64.4 Å². The molecule has 1 unspecified atom stereocenters. The fourth-order valence-electron chi connectivity index (χ4n) is 2.91. The maximum absolute atomic E-state index is 12.4. The highest BCUT2D eigenvalue weighted by atomic mass is 35.5. The molecule has 2 heterocycles. The number of aromatic nitrogens is 2. The average Bonchev–Trinajstić information content (AvgIpc) is 2.91. The Hall–Kier alpha value is -1.56. The van der Waals surface area contributed by atoms with Crippen molar-refractivity contribution >= 4 is 23.3 Å². The Kier molecular flexibility index (Phi) is 4.80. The second kappa shape index (κ2) is 6.28. The number of ether oxygens (including phenoxy) is 1. The number of esters is 1. The Balaban J connectivity index is 2.33. The minimum absolute atomic E-state index is 0.134. The summed E-state index contributed by atoms with van der Waals surface area (Å²) in [5.74, 6) is -0.0461. The lowest BCUT2D eigenvalue weighted by Gasteiger charge is -2.31. The Morgan fingerprint density at radius 1 is 1.55 bits per heavy atom. The van der Waals surface area contributed by atoms with Gasteiger partial charge in [0.15, 0.2) is 0 Å². The van der Waals surface area contributed by atoms with Crippen LogP contribution in [0.15, 0.2) is 11.0 Å². The van der Waals surface area contributed by atoms with Crippen LogP contribution in [0, 0.1) is 11.3 Å². The van der Waals surface area contributed by atoms with E-state index in [1.807, 2.05) is 18.7 Å². The zero-order valence-electron chi connectivity index (χ0n) is 13.4. The molecule has 0 bridgehead atoms. The third-order valence-electron chi connectivity index (χ3n) is 4.49. The van der Waals surface area contributed by atoms with Crippen molar-refractivity contribution in [2.24, 2.45) is 18.4 Å². The van der Waals surface area contributed by atoms with E-state index >= 15 is 0 Å². The van der Waals surface area contributed by atoms with Crippen molar-refractivity contribution in [3.63, 3.8) is 0 Å². The molecule has 1 aliphatic rings. The summed E-state index contributed by atoms with van der Waals surface area (Å²) in [4.78, 5) is 26.3. The number of nitrogens with zero attached hydrogens (tertiary/aromatic N) is 3. The van der Waals surface area contributed by atoms with Gasteiger partial charge in [0.2, 0.25) is 0 Å². The second-order valence-corrected chi connectivity index (χ2v) is 6.35. The largest absolute Gasteiger partial charge is 0.466 e. The first-order valence-electron chi connectivity index (χ1n) is 7.47. The molecule has 2 rings (SSSR count). The quantitative estimate of drug-likeness (QED) is 0.790. The van der Waals surface area contributed by atoms with Crippen molar-refractivity contribution in [2.45, 2.75) is 27.2 Å². The van der Waals surface area contributed by atoms with Gasteiger partial charge in [-0.2, -0.15) is 5.10 Å². The molecule has 1 aromatic heterocycles. The van der Waals surface area contributed by atoms with E-state index in [1.54, 1.807) is 20.2 Å². The summed E-state index contributed by atoms with van der Waals surface area (Å²) in [6, 6.07) is 0. The Bertz CT molecular complexity index is 629. The molecule has 0 spiro atoms. The summed E-state index contributed by atoms with van der Waals surface area (Å²) >= 11 is 6.16. The number of aryl methyl sites for hydroxylation is 1. The van der Waals surface area contributed by atoms with Crippen LogP contribution >= 0.6 is 11.6 Å². The van der Waals surface area contributed by atoms with E-state index in [4.69, 9.17) is 16.3 Å². The Morgan fingerprint density at radius 2 is 2.23 bits per heavy atom. The monoisotopic (exact) mass is 327 g/mol. The van der Waals surface area contributed by atoms with Crippen LogP contribution in [0.25, 0.3) is 0 Å². The van der Waals surface area contributed by atoms with Crippen molar-refractivity contribution in [3.8, 4) is 0 Å².